The first-order chi connectivity index (χ1) is 10.9. The van der Waals surface area contributed by atoms with Crippen LogP contribution >= 0.6 is 0 Å². The van der Waals surface area contributed by atoms with E-state index in [0.29, 0.717) is 0 Å². The molecule has 0 unspecified atom stereocenters. The molecule has 0 radical (unpaired) electrons. The number of rotatable bonds is 3. The molecule has 0 saturated carbocycles. The summed E-state index contributed by atoms with van der Waals surface area (Å²) in [6, 6.07) is 18.9. The van der Waals surface area contributed by atoms with Crippen molar-refractivity contribution in [2.24, 2.45) is 0 Å². The largest absolute Gasteiger partial charge is 0.356 e. The molecule has 0 aliphatic carbocycles. The lowest BCUT2D eigenvalue weighted by molar-refractivity contribution is 0.946. The van der Waals surface area contributed by atoms with Gasteiger partial charge in [-0.1, -0.05) is 18.2 Å². The summed E-state index contributed by atoms with van der Waals surface area (Å²) >= 11 is 0. The third kappa shape index (κ3) is 2.50. The van der Waals surface area contributed by atoms with Crippen molar-refractivity contribution in [2.45, 2.75) is 12.8 Å². The van der Waals surface area contributed by atoms with E-state index in [1.165, 1.54) is 23.6 Å². The SMILES string of the molecule is c1ccc(Nc2ccc3c(N4CCCC4)nccc3c2)cc1. The van der Waals surface area contributed by atoms with Gasteiger partial charge in [0.2, 0.25) is 0 Å². The van der Waals surface area contributed by atoms with E-state index in [1.54, 1.807) is 0 Å². The number of benzene rings is 2. The maximum Gasteiger partial charge on any atom is 0.136 e. The lowest BCUT2D eigenvalue weighted by Gasteiger charge is -2.18. The van der Waals surface area contributed by atoms with Gasteiger partial charge in [-0.15, -0.1) is 0 Å². The first-order valence-corrected chi connectivity index (χ1v) is 7.86. The summed E-state index contributed by atoms with van der Waals surface area (Å²) in [6.45, 7) is 2.24. The van der Waals surface area contributed by atoms with Crippen LogP contribution in [0, 0.1) is 0 Å². The van der Waals surface area contributed by atoms with Gasteiger partial charge in [-0.2, -0.15) is 0 Å². The predicted octanol–water partition coefficient (Wildman–Crippen LogP) is 4.58. The van der Waals surface area contributed by atoms with Crippen LogP contribution in [0.1, 0.15) is 12.8 Å². The van der Waals surface area contributed by atoms with E-state index in [2.05, 4.69) is 51.6 Å². The molecule has 1 fully saturated rings. The molecule has 0 atom stereocenters. The Labute approximate surface area is 130 Å². The van der Waals surface area contributed by atoms with Crippen LogP contribution in [0.4, 0.5) is 17.2 Å². The smallest absolute Gasteiger partial charge is 0.136 e. The minimum absolute atomic E-state index is 1.11. The van der Waals surface area contributed by atoms with Crippen LogP contribution in [0.2, 0.25) is 0 Å². The fourth-order valence-corrected chi connectivity index (χ4v) is 3.11. The highest BCUT2D eigenvalue weighted by Gasteiger charge is 2.15. The molecule has 0 bridgehead atoms. The van der Waals surface area contributed by atoms with Crippen molar-refractivity contribution in [1.82, 2.24) is 4.98 Å². The van der Waals surface area contributed by atoms with Crippen molar-refractivity contribution in [2.75, 3.05) is 23.3 Å². The van der Waals surface area contributed by atoms with Crippen LogP contribution in [-0.2, 0) is 0 Å². The van der Waals surface area contributed by atoms with Crippen LogP contribution in [0.5, 0.6) is 0 Å². The Balaban J connectivity index is 1.69. The van der Waals surface area contributed by atoms with Gasteiger partial charge in [0.15, 0.2) is 0 Å². The lowest BCUT2D eigenvalue weighted by atomic mass is 10.1. The van der Waals surface area contributed by atoms with E-state index < -0.39 is 0 Å². The van der Waals surface area contributed by atoms with Crippen LogP contribution < -0.4 is 10.2 Å². The molecule has 3 heteroatoms. The van der Waals surface area contributed by atoms with E-state index in [0.717, 1.165) is 30.3 Å². The Morgan fingerprint density at radius 1 is 0.864 bits per heavy atom. The average molecular weight is 289 g/mol. The molecule has 110 valence electrons. The average Bonchev–Trinajstić information content (AvgIpc) is 3.09. The third-order valence-electron chi connectivity index (χ3n) is 4.21. The molecular weight excluding hydrogens is 270 g/mol. The lowest BCUT2D eigenvalue weighted by Crippen LogP contribution is -2.19. The van der Waals surface area contributed by atoms with Crippen LogP contribution in [0.15, 0.2) is 60.8 Å². The summed E-state index contributed by atoms with van der Waals surface area (Å²) in [6.07, 6.45) is 4.46. The maximum atomic E-state index is 4.61. The van der Waals surface area contributed by atoms with Crippen molar-refractivity contribution >= 4 is 28.0 Å². The van der Waals surface area contributed by atoms with Gasteiger partial charge in [-0.3, -0.25) is 0 Å². The first kappa shape index (κ1) is 13.1. The summed E-state index contributed by atoms with van der Waals surface area (Å²) in [7, 11) is 0. The zero-order chi connectivity index (χ0) is 14.8. The first-order valence-electron chi connectivity index (χ1n) is 7.86. The number of fused-ring (bicyclic) bond motifs is 1. The molecule has 1 aliphatic heterocycles. The van der Waals surface area contributed by atoms with E-state index in [1.807, 2.05) is 24.4 Å². The molecule has 4 rings (SSSR count). The molecule has 1 N–H and O–H groups in total. The highest BCUT2D eigenvalue weighted by Crippen LogP contribution is 2.29. The quantitative estimate of drug-likeness (QED) is 0.765. The van der Waals surface area contributed by atoms with Gasteiger partial charge >= 0.3 is 0 Å². The van der Waals surface area contributed by atoms with Crippen molar-refractivity contribution in [1.29, 1.82) is 0 Å². The van der Waals surface area contributed by atoms with Crippen molar-refractivity contribution < 1.29 is 0 Å². The molecular formula is C19H19N3. The van der Waals surface area contributed by atoms with E-state index in [9.17, 15) is 0 Å². The Hall–Kier alpha value is -2.55. The Morgan fingerprint density at radius 2 is 1.68 bits per heavy atom. The zero-order valence-corrected chi connectivity index (χ0v) is 12.5. The van der Waals surface area contributed by atoms with Gasteiger partial charge in [0.25, 0.3) is 0 Å². The summed E-state index contributed by atoms with van der Waals surface area (Å²) in [5.74, 6) is 1.13. The Bertz CT molecular complexity index is 777. The molecule has 3 nitrogen and oxygen atoms in total. The van der Waals surface area contributed by atoms with Crippen molar-refractivity contribution in [3.63, 3.8) is 0 Å². The number of anilines is 3. The third-order valence-corrected chi connectivity index (χ3v) is 4.21. The van der Waals surface area contributed by atoms with E-state index in [4.69, 9.17) is 0 Å². The number of nitrogens with one attached hydrogen (secondary N) is 1. The molecule has 1 saturated heterocycles. The summed E-state index contributed by atoms with van der Waals surface area (Å²) in [5, 5.41) is 5.92. The Kier molecular flexibility index (Phi) is 3.39. The van der Waals surface area contributed by atoms with Crippen LogP contribution in [0.25, 0.3) is 10.8 Å². The molecule has 1 aliphatic rings. The van der Waals surface area contributed by atoms with Crippen molar-refractivity contribution in [3.8, 4) is 0 Å². The maximum absolute atomic E-state index is 4.61. The van der Waals surface area contributed by atoms with Gasteiger partial charge < -0.3 is 10.2 Å². The second kappa shape index (κ2) is 5.68. The fourth-order valence-electron chi connectivity index (χ4n) is 3.11. The number of hydrogen-bond donors (Lipinski definition) is 1. The van der Waals surface area contributed by atoms with Crippen LogP contribution in [0.3, 0.4) is 0 Å². The second-order valence-electron chi connectivity index (χ2n) is 5.76. The van der Waals surface area contributed by atoms with Gasteiger partial charge in [0.05, 0.1) is 0 Å². The number of para-hydroxylation sites is 1. The highest BCUT2D eigenvalue weighted by molar-refractivity contribution is 5.94. The number of pyridine rings is 1. The van der Waals surface area contributed by atoms with Gasteiger partial charge in [0.1, 0.15) is 5.82 Å². The minimum atomic E-state index is 1.11. The number of nitrogens with zero attached hydrogens (tertiary/aromatic N) is 2. The highest BCUT2D eigenvalue weighted by atomic mass is 15.2. The summed E-state index contributed by atoms with van der Waals surface area (Å²) in [5.41, 5.74) is 2.22. The molecule has 3 aromatic rings. The Morgan fingerprint density at radius 3 is 2.50 bits per heavy atom. The minimum Gasteiger partial charge on any atom is -0.356 e. The number of aromatic nitrogens is 1. The van der Waals surface area contributed by atoms with Gasteiger partial charge in [-0.05, 0) is 54.6 Å². The number of hydrogen-bond acceptors (Lipinski definition) is 3. The molecule has 2 heterocycles. The fraction of sp³-hybridized carbons (Fsp3) is 0.211. The van der Waals surface area contributed by atoms with Gasteiger partial charge in [0, 0.05) is 36.0 Å². The molecule has 2 aromatic carbocycles. The molecule has 1 aromatic heterocycles. The topological polar surface area (TPSA) is 28.2 Å². The second-order valence-corrected chi connectivity index (χ2v) is 5.76. The standard InChI is InChI=1S/C19H19N3/c1-2-6-16(7-3-1)21-17-8-9-18-15(14-17)10-11-20-19(18)22-12-4-5-13-22/h1-3,6-11,14,21H,4-5,12-13H2. The monoisotopic (exact) mass is 289 g/mol. The molecule has 0 amide bonds. The zero-order valence-electron chi connectivity index (χ0n) is 12.5. The molecule has 22 heavy (non-hydrogen) atoms. The summed E-state index contributed by atoms with van der Waals surface area (Å²) in [4.78, 5) is 7.00. The predicted molar refractivity (Wildman–Crippen MR) is 92.9 cm³/mol. The van der Waals surface area contributed by atoms with Crippen molar-refractivity contribution in [3.05, 3.63) is 60.8 Å². The van der Waals surface area contributed by atoms with E-state index in [-0.39, 0.29) is 0 Å². The van der Waals surface area contributed by atoms with E-state index >= 15 is 0 Å². The van der Waals surface area contributed by atoms with Gasteiger partial charge in [-0.25, -0.2) is 4.98 Å². The van der Waals surface area contributed by atoms with Crippen LogP contribution in [-0.4, -0.2) is 18.1 Å². The molecule has 0 spiro atoms. The normalized spacial score (nSPS) is 14.5. The summed E-state index contributed by atoms with van der Waals surface area (Å²) < 4.78 is 0.